The summed E-state index contributed by atoms with van der Waals surface area (Å²) in [5.74, 6) is -5.87. The molecule has 0 saturated carbocycles. The third kappa shape index (κ3) is 23.5. The molecular formula is C46H82N18O8. The molecule has 0 spiro atoms. The monoisotopic (exact) mass is 1010 g/mol. The van der Waals surface area contributed by atoms with Gasteiger partial charge in [0, 0.05) is 36.6 Å². The van der Waals surface area contributed by atoms with Crippen LogP contribution in [-0.2, 0) is 40.0 Å². The van der Waals surface area contributed by atoms with Crippen molar-refractivity contribution in [2.75, 3.05) is 39.3 Å². The van der Waals surface area contributed by atoms with Gasteiger partial charge in [0.25, 0.3) is 0 Å². The minimum atomic E-state index is -1.29. The number of guanidine groups is 2. The number of amides is 6. The second kappa shape index (κ2) is 34.7. The van der Waals surface area contributed by atoms with E-state index in [0.29, 0.717) is 57.1 Å². The van der Waals surface area contributed by atoms with Crippen molar-refractivity contribution >= 4 is 64.2 Å². The number of unbranched alkanes of at least 4 members (excludes halogenated alkanes) is 3. The number of aromatic nitrogens is 1. The summed E-state index contributed by atoms with van der Waals surface area (Å²) in [6.07, 6.45) is 5.87. The number of carboxylic acids is 1. The van der Waals surface area contributed by atoms with E-state index < -0.39 is 83.7 Å². The van der Waals surface area contributed by atoms with Crippen molar-refractivity contribution in [2.24, 2.45) is 61.6 Å². The first-order chi connectivity index (χ1) is 34.4. The summed E-state index contributed by atoms with van der Waals surface area (Å²) in [6.45, 7) is 1.43. The number of carboxylic acid groups (broad SMARTS) is 1. The highest BCUT2D eigenvalue weighted by atomic mass is 16.4. The zero-order chi connectivity index (χ0) is 53.4. The van der Waals surface area contributed by atoms with Crippen molar-refractivity contribution in [3.05, 3.63) is 36.0 Å². The number of carbonyl (C=O) groups is 7. The van der Waals surface area contributed by atoms with Crippen LogP contribution in [0.4, 0.5) is 0 Å². The third-order valence-corrected chi connectivity index (χ3v) is 11.7. The fraction of sp³-hybridized carbons (Fsp3) is 0.630. The maximum absolute atomic E-state index is 14.4. The average Bonchev–Trinajstić information content (AvgIpc) is 3.75. The summed E-state index contributed by atoms with van der Waals surface area (Å²) in [6, 6.07) is -1.15. The van der Waals surface area contributed by atoms with Crippen molar-refractivity contribution in [2.45, 2.75) is 145 Å². The number of carbonyl (C=O) groups excluding carboxylic acids is 6. The SMILES string of the molecule is NCCCC[C@H](NC(=O)[C@H](Cc1c[nH]c2ccccc12)NC(=O)[C@H](CCCCN)NC(=O)[C@H](CCCCN)NC(=O)[C@H](CCCN)NC(=O)[C@H](CCCN=C(N)N)NC(=O)[C@@H](N)CCCN=C(N)N)C(=O)O. The van der Waals surface area contributed by atoms with Crippen LogP contribution in [0.2, 0.25) is 0 Å². The van der Waals surface area contributed by atoms with Crippen molar-refractivity contribution in [1.29, 1.82) is 0 Å². The predicted molar refractivity (Wildman–Crippen MR) is 276 cm³/mol. The maximum atomic E-state index is 14.4. The van der Waals surface area contributed by atoms with Crippen molar-refractivity contribution < 1.29 is 38.7 Å². The zero-order valence-corrected chi connectivity index (χ0v) is 41.4. The van der Waals surface area contributed by atoms with Gasteiger partial charge in [-0.2, -0.15) is 0 Å². The van der Waals surface area contributed by atoms with E-state index in [-0.39, 0.29) is 102 Å². The molecule has 2 aromatic rings. The summed E-state index contributed by atoms with van der Waals surface area (Å²) in [4.78, 5) is 107. The molecule has 0 aliphatic rings. The number of nitrogens with one attached hydrogen (secondary N) is 7. The standard InChI is InChI=1S/C46H82N18O8/c47-20-6-3-15-32(60-40(67)34(18-9-23-50)62-41(68)35(19-11-25-57-46(54)55)59-38(65)30(51)13-10-24-56-45(52)53)39(66)61-33(16-4-7-21-48)42(69)64-37(26-28-27-58-31-14-2-1-12-29(28)31)43(70)63-36(44(71)72)17-5-8-22-49/h1-2,12,14,27,30,32-37,58H,3-11,13,15-26,47-51H2,(H,59,65)(H,60,67)(H,61,66)(H,62,68)(H,63,70)(H,64,69)(H,71,72)(H4,52,53,56)(H4,54,55,57)/t30-,32-,33-,34-,35-,36-,37-/m0/s1. The van der Waals surface area contributed by atoms with Crippen LogP contribution < -0.4 is 83.5 Å². The number of hydrogen-bond donors (Lipinski definition) is 17. The number of H-pyrrole nitrogens is 1. The zero-order valence-electron chi connectivity index (χ0n) is 41.4. The van der Waals surface area contributed by atoms with E-state index in [9.17, 15) is 38.7 Å². The number of aromatic amines is 1. The van der Waals surface area contributed by atoms with E-state index in [4.69, 9.17) is 51.6 Å². The number of rotatable bonds is 38. The number of benzene rings is 1. The molecular weight excluding hydrogens is 933 g/mol. The van der Waals surface area contributed by atoms with Gasteiger partial charge in [0.05, 0.1) is 6.04 Å². The van der Waals surface area contributed by atoms with Crippen LogP contribution >= 0.6 is 0 Å². The Hall–Kier alpha value is -6.61. The second-order valence-corrected chi connectivity index (χ2v) is 17.6. The van der Waals surface area contributed by atoms with Gasteiger partial charge < -0.3 is 93.6 Å². The van der Waals surface area contributed by atoms with Gasteiger partial charge in [-0.3, -0.25) is 38.8 Å². The first kappa shape index (κ1) is 61.5. The number of aliphatic carboxylic acids is 1. The highest BCUT2D eigenvalue weighted by Crippen LogP contribution is 2.20. The topological polar surface area (TPSA) is 487 Å². The van der Waals surface area contributed by atoms with Crippen LogP contribution in [0.25, 0.3) is 10.9 Å². The lowest BCUT2D eigenvalue weighted by molar-refractivity contribution is -0.142. The summed E-state index contributed by atoms with van der Waals surface area (Å²) < 4.78 is 0. The molecule has 0 aliphatic heterocycles. The first-order valence-electron chi connectivity index (χ1n) is 24.7. The Balaban J connectivity index is 2.43. The highest BCUT2D eigenvalue weighted by molar-refractivity contribution is 5.97. The first-order valence-corrected chi connectivity index (χ1v) is 24.7. The van der Waals surface area contributed by atoms with E-state index in [1.165, 1.54) is 0 Å². The van der Waals surface area contributed by atoms with Gasteiger partial charge in [0.1, 0.15) is 36.3 Å². The Kier molecular flexibility index (Phi) is 29.6. The molecule has 26 N–H and O–H groups in total. The molecule has 404 valence electrons. The summed E-state index contributed by atoms with van der Waals surface area (Å²) in [5.41, 5.74) is 52.3. The van der Waals surface area contributed by atoms with E-state index in [1.807, 2.05) is 24.3 Å². The van der Waals surface area contributed by atoms with Crippen LogP contribution in [0.3, 0.4) is 0 Å². The summed E-state index contributed by atoms with van der Waals surface area (Å²) in [7, 11) is 0. The summed E-state index contributed by atoms with van der Waals surface area (Å²) >= 11 is 0. The fourth-order valence-corrected chi connectivity index (χ4v) is 7.66. The summed E-state index contributed by atoms with van der Waals surface area (Å²) in [5, 5.41) is 27.0. The maximum Gasteiger partial charge on any atom is 0.326 e. The van der Waals surface area contributed by atoms with Crippen LogP contribution in [0, 0.1) is 0 Å². The van der Waals surface area contributed by atoms with Gasteiger partial charge in [-0.05, 0) is 134 Å². The molecule has 0 fully saturated rings. The highest BCUT2D eigenvalue weighted by Gasteiger charge is 2.34. The quantitative estimate of drug-likeness (QED) is 0.0175. The molecule has 1 heterocycles. The number of hydrogen-bond acceptors (Lipinski definition) is 14. The lowest BCUT2D eigenvalue weighted by atomic mass is 10.0. The molecule has 0 saturated heterocycles. The minimum Gasteiger partial charge on any atom is -0.480 e. The molecule has 72 heavy (non-hydrogen) atoms. The van der Waals surface area contributed by atoms with Gasteiger partial charge in [-0.25, -0.2) is 4.79 Å². The third-order valence-electron chi connectivity index (χ3n) is 11.7. The van der Waals surface area contributed by atoms with E-state index in [1.54, 1.807) is 6.20 Å². The van der Waals surface area contributed by atoms with Crippen molar-refractivity contribution in [3.63, 3.8) is 0 Å². The molecule has 26 heteroatoms. The van der Waals surface area contributed by atoms with Gasteiger partial charge in [0.2, 0.25) is 35.4 Å². The number of fused-ring (bicyclic) bond motifs is 1. The molecule has 0 unspecified atom stereocenters. The average molecular weight is 1020 g/mol. The second-order valence-electron chi connectivity index (χ2n) is 17.6. The Labute approximate surface area is 420 Å². The van der Waals surface area contributed by atoms with Crippen LogP contribution in [0.1, 0.15) is 102 Å². The van der Waals surface area contributed by atoms with Crippen LogP contribution in [-0.4, -0.2) is 145 Å². The van der Waals surface area contributed by atoms with Gasteiger partial charge in [-0.15, -0.1) is 0 Å². The van der Waals surface area contributed by atoms with E-state index in [0.717, 1.165) is 10.9 Å². The van der Waals surface area contributed by atoms with Gasteiger partial charge in [0.15, 0.2) is 11.9 Å². The Morgan fingerprint density at radius 3 is 1.32 bits per heavy atom. The Morgan fingerprint density at radius 1 is 0.486 bits per heavy atom. The lowest BCUT2D eigenvalue weighted by Crippen LogP contribution is -2.60. The predicted octanol–water partition coefficient (Wildman–Crippen LogP) is -3.74. The number of nitrogens with zero attached hydrogens (tertiary/aromatic N) is 2. The lowest BCUT2D eigenvalue weighted by Gasteiger charge is -2.28. The smallest absolute Gasteiger partial charge is 0.326 e. The number of nitrogens with two attached hydrogens (primary N) is 9. The molecule has 0 aliphatic carbocycles. The minimum absolute atomic E-state index is 0.0395. The largest absolute Gasteiger partial charge is 0.480 e. The Bertz CT molecular complexity index is 2060. The molecule has 6 amide bonds. The molecule has 0 bridgehead atoms. The van der Waals surface area contributed by atoms with Crippen molar-refractivity contribution in [3.8, 4) is 0 Å². The van der Waals surface area contributed by atoms with Gasteiger partial charge >= 0.3 is 5.97 Å². The van der Waals surface area contributed by atoms with Crippen LogP contribution in [0.15, 0.2) is 40.4 Å². The van der Waals surface area contributed by atoms with E-state index in [2.05, 4.69) is 46.9 Å². The molecule has 0 radical (unpaired) electrons. The molecule has 7 atom stereocenters. The Morgan fingerprint density at radius 2 is 0.861 bits per heavy atom. The molecule has 1 aromatic heterocycles. The van der Waals surface area contributed by atoms with Crippen molar-refractivity contribution in [1.82, 2.24) is 36.9 Å². The molecule has 1 aromatic carbocycles. The molecule has 2 rings (SSSR count). The molecule has 26 nitrogen and oxygen atoms in total. The normalized spacial score (nSPS) is 14.0. The number of para-hydroxylation sites is 1. The van der Waals surface area contributed by atoms with Gasteiger partial charge in [-0.1, -0.05) is 18.2 Å². The fourth-order valence-electron chi connectivity index (χ4n) is 7.66. The van der Waals surface area contributed by atoms with E-state index >= 15 is 0 Å². The number of aliphatic imine (C=N–C) groups is 2. The van der Waals surface area contributed by atoms with Crippen LogP contribution in [0.5, 0.6) is 0 Å².